The number of benzene rings is 1. The fraction of sp³-hybridized carbons (Fsp3) is 0.538. The summed E-state index contributed by atoms with van der Waals surface area (Å²) in [5, 5.41) is 0. The summed E-state index contributed by atoms with van der Waals surface area (Å²) < 4.78 is 32.8. The van der Waals surface area contributed by atoms with Gasteiger partial charge < -0.3 is 14.2 Å². The molecule has 2 saturated heterocycles. The zero-order valence-electron chi connectivity index (χ0n) is 22.7. The van der Waals surface area contributed by atoms with Crippen molar-refractivity contribution in [1.82, 2.24) is 38.9 Å². The van der Waals surface area contributed by atoms with Crippen LogP contribution in [0.1, 0.15) is 11.6 Å². The molecule has 0 N–H and O–H groups in total. The molecule has 3 aromatic heterocycles. The predicted molar refractivity (Wildman–Crippen MR) is 150 cm³/mol. The molecule has 6 rings (SSSR count). The van der Waals surface area contributed by atoms with E-state index >= 15 is 0 Å². The first kappa shape index (κ1) is 26.1. The van der Waals surface area contributed by atoms with Crippen molar-refractivity contribution in [3.05, 3.63) is 35.9 Å². The maximum atomic E-state index is 11.6. The first-order chi connectivity index (χ1) is 18.8. The van der Waals surface area contributed by atoms with Gasteiger partial charge in [-0.15, -0.1) is 0 Å². The van der Waals surface area contributed by atoms with Gasteiger partial charge in [-0.05, 0) is 19.1 Å². The van der Waals surface area contributed by atoms with Crippen LogP contribution in [0.5, 0.6) is 0 Å². The molecule has 2 fully saturated rings. The van der Waals surface area contributed by atoms with Gasteiger partial charge in [0.25, 0.3) is 0 Å². The van der Waals surface area contributed by atoms with Crippen molar-refractivity contribution < 1.29 is 13.2 Å². The van der Waals surface area contributed by atoms with Crippen LogP contribution in [0, 0.1) is 6.92 Å². The van der Waals surface area contributed by atoms with Gasteiger partial charge >= 0.3 is 0 Å². The summed E-state index contributed by atoms with van der Waals surface area (Å²) in [6, 6.07) is 8.04. The molecule has 1 aromatic carbocycles. The van der Waals surface area contributed by atoms with E-state index in [1.807, 2.05) is 42.8 Å². The second kappa shape index (κ2) is 10.5. The summed E-state index contributed by atoms with van der Waals surface area (Å²) in [6.45, 7) is 9.46. The molecule has 4 aromatic rings. The molecule has 0 amide bonds. The van der Waals surface area contributed by atoms with Crippen LogP contribution in [-0.2, 0) is 28.2 Å². The zero-order chi connectivity index (χ0) is 27.1. The molecule has 0 unspecified atom stereocenters. The summed E-state index contributed by atoms with van der Waals surface area (Å²) in [6.07, 6.45) is 1.30. The van der Waals surface area contributed by atoms with E-state index in [4.69, 9.17) is 24.7 Å². The van der Waals surface area contributed by atoms with E-state index in [1.54, 1.807) is 0 Å². The highest BCUT2D eigenvalue weighted by Crippen LogP contribution is 2.28. The van der Waals surface area contributed by atoms with E-state index in [2.05, 4.69) is 19.3 Å². The molecule has 2 aliphatic rings. The number of aryl methyl sites for hydroxylation is 2. The SMILES string of the molecule is Cc1nc2ccccc2n1-c1nc(N2CCOCC2)c2nc(CN3CCN(CCS(C)(=O)=O)CC3)n(C)c2n1. The second-order valence-electron chi connectivity index (χ2n) is 10.4. The monoisotopic (exact) mass is 553 g/mol. The largest absolute Gasteiger partial charge is 0.378 e. The van der Waals surface area contributed by atoms with Crippen LogP contribution in [0.25, 0.3) is 28.1 Å². The van der Waals surface area contributed by atoms with Crippen LogP contribution in [0.3, 0.4) is 0 Å². The number of nitrogens with zero attached hydrogens (tertiary/aromatic N) is 9. The number of aromatic nitrogens is 6. The van der Waals surface area contributed by atoms with Crippen LogP contribution in [0.15, 0.2) is 24.3 Å². The molecule has 0 radical (unpaired) electrons. The van der Waals surface area contributed by atoms with Gasteiger partial charge in [0.05, 0.1) is 36.5 Å². The van der Waals surface area contributed by atoms with Gasteiger partial charge in [0.1, 0.15) is 21.5 Å². The number of fused-ring (bicyclic) bond motifs is 2. The Morgan fingerprint density at radius 3 is 2.38 bits per heavy atom. The second-order valence-corrected chi connectivity index (χ2v) is 12.7. The quantitative estimate of drug-likeness (QED) is 0.328. The van der Waals surface area contributed by atoms with E-state index in [1.165, 1.54) is 6.26 Å². The standard InChI is InChI=1S/C26H35N9O3S/c1-19-27-20-6-4-5-7-21(20)35(19)26-29-24-23(25(30-26)34-12-15-38-16-13-34)28-22(31(24)2)18-33-10-8-32(9-11-33)14-17-39(3,36)37/h4-7H,8-18H2,1-3H3. The van der Waals surface area contributed by atoms with Crippen molar-refractivity contribution in [2.75, 3.05) is 75.9 Å². The van der Waals surface area contributed by atoms with Gasteiger partial charge in [0.15, 0.2) is 17.0 Å². The van der Waals surface area contributed by atoms with Gasteiger partial charge in [0.2, 0.25) is 5.95 Å². The number of para-hydroxylation sites is 2. The van der Waals surface area contributed by atoms with Crippen LogP contribution in [0.2, 0.25) is 0 Å². The average Bonchev–Trinajstić information content (AvgIpc) is 3.43. The number of piperazine rings is 1. The third kappa shape index (κ3) is 5.36. The molecule has 0 aliphatic carbocycles. The molecule has 208 valence electrons. The number of imidazole rings is 2. The van der Waals surface area contributed by atoms with Gasteiger partial charge in [0, 0.05) is 59.1 Å². The molecule has 12 nitrogen and oxygen atoms in total. The highest BCUT2D eigenvalue weighted by Gasteiger charge is 2.25. The van der Waals surface area contributed by atoms with Crippen LogP contribution >= 0.6 is 0 Å². The molecule has 13 heteroatoms. The third-order valence-corrected chi connectivity index (χ3v) is 8.55. The van der Waals surface area contributed by atoms with Crippen LogP contribution in [-0.4, -0.2) is 118 Å². The van der Waals surface area contributed by atoms with Crippen molar-refractivity contribution in [1.29, 1.82) is 0 Å². The Hall–Kier alpha value is -3.13. The molecule has 0 spiro atoms. The summed E-state index contributed by atoms with van der Waals surface area (Å²) in [5.74, 6) is 3.38. The Balaban J connectivity index is 1.33. The lowest BCUT2D eigenvalue weighted by Gasteiger charge is -2.34. The van der Waals surface area contributed by atoms with Crippen molar-refractivity contribution in [2.24, 2.45) is 7.05 Å². The lowest BCUT2D eigenvalue weighted by molar-refractivity contribution is 0.122. The van der Waals surface area contributed by atoms with Crippen LogP contribution in [0.4, 0.5) is 5.82 Å². The molecule has 0 bridgehead atoms. The minimum Gasteiger partial charge on any atom is -0.378 e. The Morgan fingerprint density at radius 2 is 1.64 bits per heavy atom. The topological polar surface area (TPSA) is 115 Å². The maximum absolute atomic E-state index is 11.6. The fourth-order valence-electron chi connectivity index (χ4n) is 5.38. The first-order valence-electron chi connectivity index (χ1n) is 13.4. The fourth-order valence-corrected chi connectivity index (χ4v) is 5.97. The van der Waals surface area contributed by atoms with Crippen molar-refractivity contribution >= 4 is 37.9 Å². The smallest absolute Gasteiger partial charge is 0.239 e. The Bertz CT molecular complexity index is 1600. The lowest BCUT2D eigenvalue weighted by atomic mass is 10.3. The number of hydrogen-bond acceptors (Lipinski definition) is 10. The minimum absolute atomic E-state index is 0.203. The van der Waals surface area contributed by atoms with E-state index in [0.717, 1.165) is 78.9 Å². The van der Waals surface area contributed by atoms with E-state index in [0.29, 0.717) is 32.3 Å². The first-order valence-corrected chi connectivity index (χ1v) is 15.5. The molecular formula is C26H35N9O3S. The molecule has 5 heterocycles. The van der Waals surface area contributed by atoms with E-state index in [-0.39, 0.29) is 5.75 Å². The highest BCUT2D eigenvalue weighted by atomic mass is 32.2. The Morgan fingerprint density at radius 1 is 0.923 bits per heavy atom. The van der Waals surface area contributed by atoms with E-state index in [9.17, 15) is 8.42 Å². The minimum atomic E-state index is -2.95. The summed E-state index contributed by atoms with van der Waals surface area (Å²) in [4.78, 5) is 26.7. The third-order valence-electron chi connectivity index (χ3n) is 7.63. The van der Waals surface area contributed by atoms with Crippen LogP contribution < -0.4 is 4.90 Å². The zero-order valence-corrected chi connectivity index (χ0v) is 23.6. The van der Waals surface area contributed by atoms with Gasteiger partial charge in [-0.1, -0.05) is 12.1 Å². The van der Waals surface area contributed by atoms with Gasteiger partial charge in [-0.2, -0.15) is 9.97 Å². The lowest BCUT2D eigenvalue weighted by Crippen LogP contribution is -2.47. The van der Waals surface area contributed by atoms with Crippen molar-refractivity contribution in [3.8, 4) is 5.95 Å². The molecule has 0 atom stereocenters. The summed E-state index contributed by atoms with van der Waals surface area (Å²) >= 11 is 0. The van der Waals surface area contributed by atoms with Gasteiger partial charge in [-0.3, -0.25) is 14.4 Å². The number of sulfone groups is 1. The number of anilines is 1. The van der Waals surface area contributed by atoms with E-state index < -0.39 is 9.84 Å². The molecule has 0 saturated carbocycles. The maximum Gasteiger partial charge on any atom is 0.239 e. The predicted octanol–water partition coefficient (Wildman–Crippen LogP) is 1.01. The molecule has 39 heavy (non-hydrogen) atoms. The summed E-state index contributed by atoms with van der Waals surface area (Å²) in [5.41, 5.74) is 3.47. The highest BCUT2D eigenvalue weighted by molar-refractivity contribution is 7.90. The molecule has 2 aliphatic heterocycles. The Labute approximate surface area is 228 Å². The number of hydrogen-bond donors (Lipinski definition) is 0. The number of ether oxygens (including phenoxy) is 1. The number of morpholine rings is 1. The Kier molecular flexibility index (Phi) is 7.00. The average molecular weight is 554 g/mol. The normalized spacial score (nSPS) is 18.0. The van der Waals surface area contributed by atoms with Crippen molar-refractivity contribution in [3.63, 3.8) is 0 Å². The molecular weight excluding hydrogens is 518 g/mol. The van der Waals surface area contributed by atoms with Crippen molar-refractivity contribution in [2.45, 2.75) is 13.5 Å². The summed E-state index contributed by atoms with van der Waals surface area (Å²) in [7, 11) is -0.934. The van der Waals surface area contributed by atoms with Gasteiger partial charge in [-0.25, -0.2) is 18.4 Å². The number of rotatable bonds is 7.